The Labute approximate surface area is 89.6 Å². The largest absolute Gasteiger partial charge is 0.384 e. The Bertz CT molecular complexity index is 439. The van der Waals surface area contributed by atoms with Crippen molar-refractivity contribution in [1.82, 2.24) is 9.97 Å². The first kappa shape index (κ1) is 11.7. The number of nitriles is 1. The van der Waals surface area contributed by atoms with Gasteiger partial charge >= 0.3 is 0 Å². The van der Waals surface area contributed by atoms with E-state index in [-0.39, 0.29) is 5.56 Å². The number of nitrogens with one attached hydrogen (secondary N) is 1. The number of aromatic nitrogens is 2. The molecule has 0 amide bonds. The molecule has 80 valence electrons. The molecule has 3 N–H and O–H groups in total. The summed E-state index contributed by atoms with van der Waals surface area (Å²) < 4.78 is 0. The minimum atomic E-state index is -1.63. The van der Waals surface area contributed by atoms with E-state index in [4.69, 9.17) is 10.4 Å². The number of thioether (sulfide) groups is 1. The Balaban J connectivity index is 3.07. The SMILES string of the molecule is CSc1ncc(C(O)C(O)C#N)c(=O)[nH]1. The molecule has 0 saturated heterocycles. The summed E-state index contributed by atoms with van der Waals surface area (Å²) >= 11 is 1.24. The van der Waals surface area contributed by atoms with Crippen LogP contribution < -0.4 is 5.56 Å². The molecule has 0 aliphatic heterocycles. The van der Waals surface area contributed by atoms with E-state index < -0.39 is 17.8 Å². The van der Waals surface area contributed by atoms with Crippen molar-refractivity contribution >= 4 is 11.8 Å². The van der Waals surface area contributed by atoms with Crippen LogP contribution in [0, 0.1) is 11.3 Å². The fourth-order valence-corrected chi connectivity index (χ4v) is 1.30. The lowest BCUT2D eigenvalue weighted by Crippen LogP contribution is -2.24. The van der Waals surface area contributed by atoms with Gasteiger partial charge < -0.3 is 15.2 Å². The smallest absolute Gasteiger partial charge is 0.257 e. The number of H-pyrrole nitrogens is 1. The number of aliphatic hydroxyl groups excluding tert-OH is 2. The average molecular weight is 227 g/mol. The topological polar surface area (TPSA) is 110 Å². The van der Waals surface area contributed by atoms with Crippen LogP contribution in [-0.4, -0.2) is 32.5 Å². The van der Waals surface area contributed by atoms with Crippen LogP contribution in [0.15, 0.2) is 16.1 Å². The third kappa shape index (κ3) is 2.56. The van der Waals surface area contributed by atoms with Crippen molar-refractivity contribution in [1.29, 1.82) is 5.26 Å². The highest BCUT2D eigenvalue weighted by Crippen LogP contribution is 2.12. The normalized spacial score (nSPS) is 14.3. The maximum atomic E-state index is 11.4. The van der Waals surface area contributed by atoms with Crippen molar-refractivity contribution in [2.24, 2.45) is 0 Å². The van der Waals surface area contributed by atoms with Gasteiger partial charge in [-0.2, -0.15) is 5.26 Å². The minimum absolute atomic E-state index is 0.123. The van der Waals surface area contributed by atoms with E-state index in [2.05, 4.69) is 9.97 Å². The Morgan fingerprint density at radius 3 is 2.80 bits per heavy atom. The predicted molar refractivity (Wildman–Crippen MR) is 53.2 cm³/mol. The molecule has 0 saturated carbocycles. The molecule has 1 aromatic heterocycles. The van der Waals surface area contributed by atoms with Crippen molar-refractivity contribution in [3.63, 3.8) is 0 Å². The second-order valence-electron chi connectivity index (χ2n) is 2.70. The number of rotatable bonds is 3. The van der Waals surface area contributed by atoms with E-state index in [0.29, 0.717) is 5.16 Å². The molecule has 0 aromatic carbocycles. The van der Waals surface area contributed by atoms with E-state index >= 15 is 0 Å². The average Bonchev–Trinajstić information content (AvgIpc) is 2.26. The van der Waals surface area contributed by atoms with Crippen LogP contribution in [0.2, 0.25) is 0 Å². The summed E-state index contributed by atoms with van der Waals surface area (Å²) in [4.78, 5) is 17.6. The molecule has 7 heteroatoms. The Morgan fingerprint density at radius 2 is 2.33 bits per heavy atom. The molecule has 6 nitrogen and oxygen atoms in total. The maximum absolute atomic E-state index is 11.4. The summed E-state index contributed by atoms with van der Waals surface area (Å²) in [7, 11) is 0. The molecule has 15 heavy (non-hydrogen) atoms. The molecule has 1 rings (SSSR count). The summed E-state index contributed by atoms with van der Waals surface area (Å²) in [5, 5.41) is 27.2. The molecule has 2 atom stereocenters. The standard InChI is InChI=1S/C8H9N3O3S/c1-15-8-10-3-4(7(14)11-8)6(13)5(12)2-9/h3,5-6,12-13H,1H3,(H,10,11,14). The van der Waals surface area contributed by atoms with Crippen molar-refractivity contribution in [3.05, 3.63) is 22.1 Å². The minimum Gasteiger partial charge on any atom is -0.384 e. The van der Waals surface area contributed by atoms with Crippen LogP contribution in [0.4, 0.5) is 0 Å². The molecule has 0 bridgehead atoms. The monoisotopic (exact) mass is 227 g/mol. The zero-order chi connectivity index (χ0) is 11.4. The fraction of sp³-hybridized carbons (Fsp3) is 0.375. The number of aromatic amines is 1. The second kappa shape index (κ2) is 4.93. The molecule has 0 aliphatic rings. The van der Waals surface area contributed by atoms with Gasteiger partial charge in [0.2, 0.25) is 0 Å². The van der Waals surface area contributed by atoms with Crippen LogP contribution in [0.5, 0.6) is 0 Å². The molecule has 0 fully saturated rings. The summed E-state index contributed by atoms with van der Waals surface area (Å²) in [6.07, 6.45) is -0.288. The van der Waals surface area contributed by atoms with Crippen LogP contribution in [0.3, 0.4) is 0 Å². The summed E-state index contributed by atoms with van der Waals surface area (Å²) in [5.41, 5.74) is -0.682. The number of hydrogen-bond donors (Lipinski definition) is 3. The molecule has 0 spiro atoms. The van der Waals surface area contributed by atoms with Gasteiger partial charge in [0.25, 0.3) is 5.56 Å². The van der Waals surface area contributed by atoms with Gasteiger partial charge in [-0.05, 0) is 6.26 Å². The van der Waals surface area contributed by atoms with Crippen molar-refractivity contribution in [3.8, 4) is 6.07 Å². The third-order valence-electron chi connectivity index (χ3n) is 1.75. The molecule has 0 aliphatic carbocycles. The highest BCUT2D eigenvalue weighted by molar-refractivity contribution is 7.98. The highest BCUT2D eigenvalue weighted by atomic mass is 32.2. The molecular weight excluding hydrogens is 218 g/mol. The van der Waals surface area contributed by atoms with Crippen LogP contribution in [-0.2, 0) is 0 Å². The molecule has 1 aromatic rings. The lowest BCUT2D eigenvalue weighted by atomic mass is 10.1. The highest BCUT2D eigenvalue weighted by Gasteiger charge is 2.21. The number of nitrogens with zero attached hydrogens (tertiary/aromatic N) is 2. The van der Waals surface area contributed by atoms with Gasteiger partial charge in [-0.25, -0.2) is 4.98 Å². The summed E-state index contributed by atoms with van der Waals surface area (Å²) in [6, 6.07) is 1.44. The van der Waals surface area contributed by atoms with E-state index in [9.17, 15) is 9.90 Å². The van der Waals surface area contributed by atoms with E-state index in [1.54, 1.807) is 6.26 Å². The summed E-state index contributed by atoms with van der Waals surface area (Å²) in [6.45, 7) is 0. The summed E-state index contributed by atoms with van der Waals surface area (Å²) in [5.74, 6) is 0. The van der Waals surface area contributed by atoms with E-state index in [0.717, 1.165) is 6.20 Å². The van der Waals surface area contributed by atoms with Crippen LogP contribution in [0.1, 0.15) is 11.7 Å². The first-order chi connectivity index (χ1) is 7.10. The number of hydrogen-bond acceptors (Lipinski definition) is 6. The zero-order valence-electron chi connectivity index (χ0n) is 7.84. The Kier molecular flexibility index (Phi) is 3.85. The fourth-order valence-electron chi connectivity index (χ4n) is 0.943. The Morgan fingerprint density at radius 1 is 1.67 bits per heavy atom. The van der Waals surface area contributed by atoms with Gasteiger partial charge in [0.05, 0.1) is 11.6 Å². The van der Waals surface area contributed by atoms with Crippen molar-refractivity contribution in [2.45, 2.75) is 17.4 Å². The van der Waals surface area contributed by atoms with Crippen LogP contribution >= 0.6 is 11.8 Å². The van der Waals surface area contributed by atoms with Crippen molar-refractivity contribution in [2.75, 3.05) is 6.26 Å². The quantitative estimate of drug-likeness (QED) is 0.361. The van der Waals surface area contributed by atoms with Gasteiger partial charge in [-0.3, -0.25) is 4.79 Å². The van der Waals surface area contributed by atoms with Gasteiger partial charge in [0.1, 0.15) is 6.10 Å². The second-order valence-corrected chi connectivity index (χ2v) is 3.49. The van der Waals surface area contributed by atoms with Gasteiger partial charge in [-0.1, -0.05) is 11.8 Å². The first-order valence-corrected chi connectivity index (χ1v) is 5.21. The van der Waals surface area contributed by atoms with Gasteiger partial charge in [0.15, 0.2) is 11.3 Å². The zero-order valence-corrected chi connectivity index (χ0v) is 8.65. The molecule has 0 radical (unpaired) electrons. The molecule has 1 heterocycles. The van der Waals surface area contributed by atoms with E-state index in [1.807, 2.05) is 0 Å². The Hall–Kier alpha value is -1.36. The molecule has 2 unspecified atom stereocenters. The van der Waals surface area contributed by atoms with Crippen LogP contribution in [0.25, 0.3) is 0 Å². The first-order valence-electron chi connectivity index (χ1n) is 3.99. The van der Waals surface area contributed by atoms with Gasteiger partial charge in [0, 0.05) is 6.20 Å². The lowest BCUT2D eigenvalue weighted by molar-refractivity contribution is 0.0514. The number of aliphatic hydroxyl groups is 2. The molecular formula is C8H9N3O3S. The maximum Gasteiger partial charge on any atom is 0.257 e. The van der Waals surface area contributed by atoms with E-state index in [1.165, 1.54) is 17.8 Å². The van der Waals surface area contributed by atoms with Gasteiger partial charge in [-0.15, -0.1) is 0 Å². The third-order valence-corrected chi connectivity index (χ3v) is 2.34. The predicted octanol–water partition coefficient (Wildman–Crippen LogP) is -0.590. The van der Waals surface area contributed by atoms with Crippen molar-refractivity contribution < 1.29 is 10.2 Å². The lowest BCUT2D eigenvalue weighted by Gasteiger charge is -2.10.